The highest BCUT2D eigenvalue weighted by Crippen LogP contribution is 2.18. The van der Waals surface area contributed by atoms with Crippen molar-refractivity contribution in [2.45, 2.75) is 19.3 Å². The molecule has 6 heteroatoms. The van der Waals surface area contributed by atoms with E-state index in [1.807, 2.05) is 0 Å². The summed E-state index contributed by atoms with van der Waals surface area (Å²) >= 11 is 0. The Morgan fingerprint density at radius 1 is 1.46 bits per heavy atom. The second-order valence-corrected chi connectivity index (χ2v) is 3.60. The van der Waals surface area contributed by atoms with Gasteiger partial charge in [-0.25, -0.2) is 0 Å². The van der Waals surface area contributed by atoms with Crippen molar-refractivity contribution in [3.8, 4) is 0 Å². The fourth-order valence-corrected chi connectivity index (χ4v) is 1.31. The van der Waals surface area contributed by atoms with Crippen LogP contribution in [-0.4, -0.2) is 29.8 Å². The summed E-state index contributed by atoms with van der Waals surface area (Å²) in [6.07, 6.45) is 2.59. The number of rotatable bonds is 8. The predicted octanol–water partition coefficient (Wildman–Crippen LogP) is 0.390. The molecule has 0 aliphatic heterocycles. The molecule has 2 atom stereocenters. The van der Waals surface area contributed by atoms with E-state index in [4.69, 9.17) is 15.7 Å². The van der Waals surface area contributed by atoms with Crippen LogP contribution in [0.1, 0.15) is 19.3 Å². The van der Waals surface area contributed by atoms with Crippen molar-refractivity contribution in [2.75, 3.05) is 19.8 Å². The van der Waals surface area contributed by atoms with E-state index in [1.54, 1.807) is 0 Å². The zero-order chi connectivity index (χ0) is 10.1. The highest BCUT2D eigenvalue weighted by atomic mass is 31.1. The van der Waals surface area contributed by atoms with Gasteiger partial charge in [0, 0.05) is 17.1 Å². The topological polar surface area (TPSA) is 92.8 Å². The van der Waals surface area contributed by atoms with Crippen molar-refractivity contribution in [1.29, 1.82) is 0 Å². The number of hydrogen-bond donors (Lipinski definition) is 3. The molecule has 0 aromatic carbocycles. The first-order chi connectivity index (χ1) is 6.20. The molecule has 0 rings (SSSR count). The average Bonchev–Trinajstić information content (AvgIpc) is 2.10. The number of unbranched alkanes of at least 4 members (excludes halogenated alkanes) is 1. The molecule has 4 N–H and O–H groups in total. The molecular formula is C7H17NO4P+. The van der Waals surface area contributed by atoms with Crippen molar-refractivity contribution < 1.29 is 19.1 Å². The van der Waals surface area contributed by atoms with E-state index in [9.17, 15) is 4.57 Å². The first-order valence-electron chi connectivity index (χ1n) is 4.30. The quantitative estimate of drug-likeness (QED) is 0.398. The zero-order valence-corrected chi connectivity index (χ0v) is 8.45. The highest BCUT2D eigenvalue weighted by Gasteiger charge is 2.17. The van der Waals surface area contributed by atoms with Crippen LogP contribution in [0.2, 0.25) is 0 Å². The Morgan fingerprint density at radius 3 is 2.62 bits per heavy atom. The van der Waals surface area contributed by atoms with Gasteiger partial charge in [-0.3, -0.25) is 0 Å². The Morgan fingerprint density at radius 2 is 2.15 bits per heavy atom. The fraction of sp³-hybridized carbons (Fsp3) is 1.00. The van der Waals surface area contributed by atoms with E-state index in [2.05, 4.69) is 4.52 Å². The van der Waals surface area contributed by atoms with E-state index in [1.165, 1.54) is 0 Å². The van der Waals surface area contributed by atoms with Crippen LogP contribution in [0.15, 0.2) is 0 Å². The normalized spacial score (nSPS) is 14.2. The molecule has 0 aliphatic carbocycles. The monoisotopic (exact) mass is 210 g/mol. The van der Waals surface area contributed by atoms with E-state index >= 15 is 0 Å². The molecule has 0 saturated heterocycles. The molecule has 0 spiro atoms. The molecular weight excluding hydrogens is 193 g/mol. The van der Waals surface area contributed by atoms with Gasteiger partial charge in [0.25, 0.3) is 0 Å². The Bertz CT molecular complexity index is 144. The summed E-state index contributed by atoms with van der Waals surface area (Å²) in [6.45, 7) is 0.744. The largest absolute Gasteiger partial charge is 0.694 e. The molecule has 0 bridgehead atoms. The Labute approximate surface area is 78.8 Å². The van der Waals surface area contributed by atoms with Crippen LogP contribution in [0.3, 0.4) is 0 Å². The minimum Gasteiger partial charge on any atom is -0.396 e. The van der Waals surface area contributed by atoms with Gasteiger partial charge < -0.3 is 10.8 Å². The molecule has 0 aromatic heterocycles. The van der Waals surface area contributed by atoms with Gasteiger partial charge in [-0.05, 0) is 19.4 Å². The summed E-state index contributed by atoms with van der Waals surface area (Å²) < 4.78 is 14.7. The zero-order valence-electron chi connectivity index (χ0n) is 7.56. The van der Waals surface area contributed by atoms with Gasteiger partial charge in [0.15, 0.2) is 0 Å². The summed E-state index contributed by atoms with van der Waals surface area (Å²) in [5.41, 5.74) is 5.30. The van der Waals surface area contributed by atoms with Gasteiger partial charge in [-0.1, -0.05) is 6.42 Å². The number of aliphatic hydroxyl groups is 1. The molecule has 0 fully saturated rings. The lowest BCUT2D eigenvalue weighted by Crippen LogP contribution is -2.12. The molecule has 2 unspecified atom stereocenters. The minimum absolute atomic E-state index is 0.0201. The summed E-state index contributed by atoms with van der Waals surface area (Å²) in [5.74, 6) is -0.0577. The molecule has 13 heavy (non-hydrogen) atoms. The van der Waals surface area contributed by atoms with Gasteiger partial charge in [0.05, 0.1) is 0 Å². The first-order valence-corrected chi connectivity index (χ1v) is 5.43. The van der Waals surface area contributed by atoms with Gasteiger partial charge in [0.2, 0.25) is 0 Å². The molecule has 5 nitrogen and oxygen atoms in total. The van der Waals surface area contributed by atoms with Crippen molar-refractivity contribution in [1.82, 2.24) is 0 Å². The number of aliphatic hydroxyl groups excluding tert-OH is 1. The summed E-state index contributed by atoms with van der Waals surface area (Å²) in [6, 6.07) is 0. The van der Waals surface area contributed by atoms with Crippen LogP contribution in [0.25, 0.3) is 0 Å². The molecule has 0 heterocycles. The minimum atomic E-state index is -2.54. The highest BCUT2D eigenvalue weighted by molar-refractivity contribution is 7.32. The van der Waals surface area contributed by atoms with Gasteiger partial charge in [-0.15, -0.1) is 9.42 Å². The Kier molecular flexibility index (Phi) is 8.49. The Hall–Kier alpha value is -0.0600. The number of nitrogens with two attached hydrogens (primary N) is 1. The maximum atomic E-state index is 10.2. The van der Waals surface area contributed by atoms with E-state index < -0.39 is 8.25 Å². The van der Waals surface area contributed by atoms with Crippen molar-refractivity contribution in [2.24, 2.45) is 11.7 Å². The molecule has 0 aliphatic rings. The van der Waals surface area contributed by atoms with Crippen LogP contribution in [0, 0.1) is 5.92 Å². The maximum absolute atomic E-state index is 10.2. The van der Waals surface area contributed by atoms with E-state index in [-0.39, 0.29) is 19.1 Å². The van der Waals surface area contributed by atoms with Gasteiger partial charge >= 0.3 is 8.25 Å². The maximum Gasteiger partial charge on any atom is 0.694 e. The van der Waals surface area contributed by atoms with Crippen LogP contribution in [-0.2, 0) is 9.09 Å². The van der Waals surface area contributed by atoms with Gasteiger partial charge in [-0.2, -0.15) is 0 Å². The standard InChI is InChI=1S/C7H16NO4P/c8-4-2-1-3-7(5-9)6-12-13(10)11/h7,9H,1-6,8H2/p+1. The second kappa shape index (κ2) is 8.53. The first kappa shape index (κ1) is 12.9. The van der Waals surface area contributed by atoms with Crippen LogP contribution in [0.5, 0.6) is 0 Å². The molecule has 78 valence electrons. The fourth-order valence-electron chi connectivity index (χ4n) is 0.974. The van der Waals surface area contributed by atoms with Crippen molar-refractivity contribution >= 4 is 8.25 Å². The van der Waals surface area contributed by atoms with Crippen LogP contribution in [0.4, 0.5) is 0 Å². The number of hydrogen-bond acceptors (Lipinski definition) is 4. The van der Waals surface area contributed by atoms with Crippen LogP contribution >= 0.6 is 8.25 Å². The lowest BCUT2D eigenvalue weighted by molar-refractivity contribution is 0.150. The molecule has 0 aromatic rings. The summed E-state index contributed by atoms with van der Waals surface area (Å²) in [7, 11) is -2.54. The summed E-state index contributed by atoms with van der Waals surface area (Å²) in [5, 5.41) is 8.85. The van der Waals surface area contributed by atoms with E-state index in [0.29, 0.717) is 6.54 Å². The van der Waals surface area contributed by atoms with Crippen molar-refractivity contribution in [3.05, 3.63) is 0 Å². The third-order valence-electron chi connectivity index (χ3n) is 1.75. The summed E-state index contributed by atoms with van der Waals surface area (Å²) in [4.78, 5) is 8.35. The lowest BCUT2D eigenvalue weighted by Gasteiger charge is -2.08. The molecule has 0 radical (unpaired) electrons. The van der Waals surface area contributed by atoms with Crippen LogP contribution < -0.4 is 5.73 Å². The third kappa shape index (κ3) is 8.28. The second-order valence-electron chi connectivity index (χ2n) is 2.87. The van der Waals surface area contributed by atoms with Crippen molar-refractivity contribution in [3.63, 3.8) is 0 Å². The van der Waals surface area contributed by atoms with Gasteiger partial charge in [0.1, 0.15) is 6.61 Å². The lowest BCUT2D eigenvalue weighted by atomic mass is 10.0. The average molecular weight is 210 g/mol. The van der Waals surface area contributed by atoms with E-state index in [0.717, 1.165) is 19.3 Å². The smallest absolute Gasteiger partial charge is 0.396 e. The third-order valence-corrected chi connectivity index (χ3v) is 2.12. The Balaban J connectivity index is 3.45. The molecule has 0 amide bonds. The molecule has 0 saturated carbocycles. The SMILES string of the molecule is NCCCCC(CO)CO[P+](=O)O. The predicted molar refractivity (Wildman–Crippen MR) is 49.3 cm³/mol.